The van der Waals surface area contributed by atoms with Crippen molar-refractivity contribution in [1.82, 2.24) is 19.9 Å². The number of allylic oxidation sites excluding steroid dienone is 6. The van der Waals surface area contributed by atoms with Crippen LogP contribution in [0.25, 0.3) is 11.3 Å². The lowest BCUT2D eigenvalue weighted by atomic mass is 9.77. The third kappa shape index (κ3) is 15.0. The molecule has 16 nitrogen and oxygen atoms in total. The summed E-state index contributed by atoms with van der Waals surface area (Å²) in [5, 5.41) is 32.4. The van der Waals surface area contributed by atoms with Gasteiger partial charge in [0.25, 0.3) is 11.7 Å². The minimum atomic E-state index is -2.45. The number of fused-ring (bicyclic) bond motifs is 3. The number of nitrogens with zero attached hydrogens (tertiary/aromatic N) is 4. The molecule has 15 atom stereocenters. The van der Waals surface area contributed by atoms with Gasteiger partial charge in [0.05, 0.1) is 36.2 Å². The number of hydrogen-bond acceptors (Lipinski definition) is 14. The predicted octanol–water partition coefficient (Wildman–Crippen LogP) is 8.30. The quantitative estimate of drug-likeness (QED) is 0.110. The zero-order valence-corrected chi connectivity index (χ0v) is 47.0. The summed E-state index contributed by atoms with van der Waals surface area (Å²) >= 11 is 0. The van der Waals surface area contributed by atoms with Crippen molar-refractivity contribution in [3.05, 3.63) is 83.6 Å². The Morgan fingerprint density at radius 2 is 1.68 bits per heavy atom. The first-order valence-corrected chi connectivity index (χ1v) is 27.7. The van der Waals surface area contributed by atoms with E-state index in [0.717, 1.165) is 28.8 Å². The molecule has 0 unspecified atom stereocenters. The number of amides is 1. The standard InChI is InChI=1S/C61H84N4O12/c1-12-44-21-18-22-46(32-44)50-36-62-63-65(50)48-27-25-45(33-54(48)74-10)31-40(5)53-35-51(66)39(4)30-42(7)56(68)57(75-11)55(67)41(6)29-37(2)19-14-13-15-20-38(3)52(73-9)34-47-26-24-43(8)61(72,77-47)58(69)59(70)64-28-17-16-23-49(64)60(71)76-53/h1,13-15,18-22,30,32,36-37,39-41,43,45,47-49,52-54,56-57,68,72H,16-17,23-29,31,33-35H2,2-11H3/b15-13+,19-14+,38-20+,42-30+/t37-,39-,40-,41-,43-,45+,47+,48+,49+,52+,53+,54-,56-,57+,61-/m1/s1. The second-order valence-corrected chi connectivity index (χ2v) is 22.4. The summed E-state index contributed by atoms with van der Waals surface area (Å²) in [4.78, 5) is 73.0. The lowest BCUT2D eigenvalue weighted by molar-refractivity contribution is -0.265. The smallest absolute Gasteiger partial charge is 0.329 e. The third-order valence-corrected chi connectivity index (χ3v) is 16.7. The average molecular weight is 1070 g/mol. The van der Waals surface area contributed by atoms with Crippen molar-refractivity contribution >= 4 is 29.2 Å². The highest BCUT2D eigenvalue weighted by Crippen LogP contribution is 2.41. The zero-order valence-electron chi connectivity index (χ0n) is 47.0. The van der Waals surface area contributed by atoms with Crippen molar-refractivity contribution in [3.63, 3.8) is 0 Å². The number of esters is 1. The Morgan fingerprint density at radius 3 is 2.39 bits per heavy atom. The van der Waals surface area contributed by atoms with Crippen molar-refractivity contribution in [1.29, 1.82) is 0 Å². The number of carbonyl (C=O) groups excluding carboxylic acids is 5. The molecule has 2 N–H and O–H groups in total. The van der Waals surface area contributed by atoms with Crippen LogP contribution in [0.15, 0.2) is 78.1 Å². The number of aromatic nitrogens is 3. The van der Waals surface area contributed by atoms with Gasteiger partial charge in [-0.05, 0) is 119 Å². The van der Waals surface area contributed by atoms with E-state index in [-0.39, 0.29) is 60.9 Å². The zero-order chi connectivity index (χ0) is 56.1. The van der Waals surface area contributed by atoms with E-state index in [4.69, 9.17) is 30.1 Å². The maximum Gasteiger partial charge on any atom is 0.329 e. The van der Waals surface area contributed by atoms with E-state index in [1.54, 1.807) is 47.3 Å². The summed E-state index contributed by atoms with van der Waals surface area (Å²) in [7, 11) is 4.64. The average Bonchev–Trinajstić information content (AvgIpc) is 3.92. The van der Waals surface area contributed by atoms with Gasteiger partial charge in [-0.1, -0.05) is 94.3 Å². The van der Waals surface area contributed by atoms with E-state index in [1.807, 2.05) is 87.0 Å². The first-order valence-electron chi connectivity index (χ1n) is 27.7. The molecule has 16 heteroatoms. The Labute approximate surface area is 456 Å². The van der Waals surface area contributed by atoms with Crippen molar-refractivity contribution < 1.29 is 57.9 Å². The molecule has 2 aromatic rings. The molecular weight excluding hydrogens is 981 g/mol. The molecule has 6 rings (SSSR count). The van der Waals surface area contributed by atoms with Gasteiger partial charge in [0.15, 0.2) is 5.78 Å². The van der Waals surface area contributed by atoms with Crippen LogP contribution in [0.3, 0.4) is 0 Å². The van der Waals surface area contributed by atoms with Crippen LogP contribution in [-0.2, 0) is 47.7 Å². The number of ether oxygens (including phenoxy) is 5. The summed E-state index contributed by atoms with van der Waals surface area (Å²) in [5.74, 6) is -5.43. The SMILES string of the molecule is C#Cc1cccc(-c2cnnn2[C@H]2CC[C@@H](C[C@@H](C)[C@@H]3CC(=O)[C@H](C)/C=C(\C)[C@@H](O)[C@@H](OC)C(=O)[C@H](C)C[C@H](C)/C=C/C=C/C=C(\C)[C@@H](OC)C[C@@H]4CC[C@@H](C)[C@@](O)(O4)C(=O)C(=O)N4CCCC[C@H]4C(=O)O3)C[C@H]2OC)c1. The summed E-state index contributed by atoms with van der Waals surface area (Å²) in [6, 6.07) is 6.37. The Hall–Kier alpha value is -5.41. The van der Waals surface area contributed by atoms with Crippen LogP contribution in [-0.4, -0.2) is 136 Å². The Bertz CT molecular complexity index is 2540. The number of cyclic esters (lactones) is 1. The van der Waals surface area contributed by atoms with E-state index in [2.05, 4.69) is 16.2 Å². The Kier molecular flexibility index (Phi) is 22.1. The second-order valence-electron chi connectivity index (χ2n) is 22.4. The highest BCUT2D eigenvalue weighted by molar-refractivity contribution is 6.39. The molecule has 2 bridgehead atoms. The predicted molar refractivity (Wildman–Crippen MR) is 292 cm³/mol. The maximum absolute atomic E-state index is 14.7. The Morgan fingerprint density at radius 1 is 0.909 bits per heavy atom. The molecule has 0 radical (unpaired) electrons. The fourth-order valence-electron chi connectivity index (χ4n) is 11.9. The fourth-order valence-corrected chi connectivity index (χ4v) is 11.9. The number of carbonyl (C=O) groups is 5. The molecule has 4 aliphatic rings. The molecule has 1 aromatic heterocycles. The molecule has 77 heavy (non-hydrogen) atoms. The highest BCUT2D eigenvalue weighted by Gasteiger charge is 2.53. The molecule has 1 saturated carbocycles. The second kappa shape index (κ2) is 28.0. The number of rotatable bonds is 8. The van der Waals surface area contributed by atoms with Crippen LogP contribution in [0, 0.1) is 47.9 Å². The molecule has 0 spiro atoms. The van der Waals surface area contributed by atoms with Crippen molar-refractivity contribution in [2.45, 2.75) is 180 Å². The number of Topliss-reactive ketones (excluding diaryl/α,β-unsaturated/α-hetero) is 3. The number of benzene rings is 1. The highest BCUT2D eigenvalue weighted by atomic mass is 16.6. The van der Waals surface area contributed by atoms with E-state index in [1.165, 1.54) is 12.0 Å². The largest absolute Gasteiger partial charge is 0.460 e. The van der Waals surface area contributed by atoms with Gasteiger partial charge in [-0.15, -0.1) is 11.5 Å². The van der Waals surface area contributed by atoms with Gasteiger partial charge in [0, 0.05) is 69.6 Å². The van der Waals surface area contributed by atoms with Crippen LogP contribution >= 0.6 is 0 Å². The summed E-state index contributed by atoms with van der Waals surface area (Å²) in [6.45, 7) is 12.8. The maximum atomic E-state index is 14.7. The number of aliphatic hydroxyl groups excluding tert-OH is 1. The van der Waals surface area contributed by atoms with E-state index < -0.39 is 77.8 Å². The lowest BCUT2D eigenvalue weighted by Crippen LogP contribution is -2.61. The molecule has 1 amide bonds. The van der Waals surface area contributed by atoms with E-state index >= 15 is 0 Å². The first kappa shape index (κ1) is 60.8. The topological polar surface area (TPSA) is 206 Å². The molecule has 2 saturated heterocycles. The first-order chi connectivity index (χ1) is 36.7. The van der Waals surface area contributed by atoms with Gasteiger partial charge in [-0.3, -0.25) is 19.2 Å². The van der Waals surface area contributed by atoms with Gasteiger partial charge in [-0.25, -0.2) is 9.48 Å². The number of terminal acetylenes is 1. The molecule has 1 aromatic carbocycles. The number of aliphatic hydroxyl groups is 2. The van der Waals surface area contributed by atoms with Gasteiger partial charge in [0.1, 0.15) is 30.1 Å². The number of ketones is 3. The van der Waals surface area contributed by atoms with Crippen LogP contribution in [0.5, 0.6) is 0 Å². The van der Waals surface area contributed by atoms with Crippen molar-refractivity contribution in [3.8, 4) is 23.6 Å². The van der Waals surface area contributed by atoms with E-state index in [0.29, 0.717) is 63.4 Å². The minimum Gasteiger partial charge on any atom is -0.460 e. The summed E-state index contributed by atoms with van der Waals surface area (Å²) < 4.78 is 32.2. The fraction of sp³-hybridized carbons (Fsp3) is 0.623. The van der Waals surface area contributed by atoms with Crippen LogP contribution in [0.2, 0.25) is 0 Å². The molecule has 420 valence electrons. The van der Waals surface area contributed by atoms with Crippen LogP contribution < -0.4 is 0 Å². The summed E-state index contributed by atoms with van der Waals surface area (Å²) in [5.41, 5.74) is 3.71. The number of methoxy groups -OCH3 is 3. The number of hydrogen-bond donors (Lipinski definition) is 2. The monoisotopic (exact) mass is 1060 g/mol. The summed E-state index contributed by atoms with van der Waals surface area (Å²) in [6.07, 6.45) is 19.4. The molecule has 4 heterocycles. The van der Waals surface area contributed by atoms with Gasteiger partial charge >= 0.3 is 5.97 Å². The van der Waals surface area contributed by atoms with Crippen LogP contribution in [0.4, 0.5) is 0 Å². The molecule has 3 fully saturated rings. The van der Waals surface area contributed by atoms with Gasteiger partial charge < -0.3 is 38.8 Å². The number of piperidine rings is 1. The van der Waals surface area contributed by atoms with Crippen molar-refractivity contribution in [2.24, 2.45) is 35.5 Å². The van der Waals surface area contributed by atoms with Crippen molar-refractivity contribution in [2.75, 3.05) is 27.9 Å². The Balaban J connectivity index is 1.29. The molecular formula is C61H84N4O12. The van der Waals surface area contributed by atoms with Gasteiger partial charge in [0.2, 0.25) is 5.79 Å². The normalized spacial score (nSPS) is 35.8. The third-order valence-electron chi connectivity index (χ3n) is 16.7. The van der Waals surface area contributed by atoms with Gasteiger partial charge in [-0.2, -0.15) is 0 Å². The molecule has 3 aliphatic heterocycles. The lowest BCUT2D eigenvalue weighted by Gasteiger charge is -2.42. The minimum absolute atomic E-state index is 0.00725. The van der Waals surface area contributed by atoms with E-state index in [9.17, 15) is 34.2 Å². The molecule has 1 aliphatic carbocycles. The van der Waals surface area contributed by atoms with Crippen LogP contribution in [0.1, 0.15) is 137 Å².